The Morgan fingerprint density at radius 1 is 1.45 bits per heavy atom. The van der Waals surface area contributed by atoms with Crippen molar-refractivity contribution in [3.05, 3.63) is 27.9 Å². The molecule has 1 aromatic rings. The molecule has 0 atom stereocenters. The molecule has 0 bridgehead atoms. The normalized spacial score (nSPS) is 15.8. The van der Waals surface area contributed by atoms with Crippen LogP contribution in [0, 0.1) is 10.1 Å². The molecule has 1 N–H and O–H groups in total. The summed E-state index contributed by atoms with van der Waals surface area (Å²) in [5.41, 5.74) is -0.421. The molecule has 0 radical (unpaired) electrons. The van der Waals surface area contributed by atoms with Gasteiger partial charge in [-0.1, -0.05) is 19.3 Å². The molecule has 1 aliphatic rings. The van der Waals surface area contributed by atoms with E-state index in [-0.39, 0.29) is 23.1 Å². The monoisotopic (exact) mass is 279 g/mol. The van der Waals surface area contributed by atoms with Crippen LogP contribution in [0.1, 0.15) is 42.5 Å². The third-order valence-corrected chi connectivity index (χ3v) is 3.75. The van der Waals surface area contributed by atoms with Gasteiger partial charge in [-0.05, 0) is 12.8 Å². The Kier molecular flexibility index (Phi) is 4.16. The molecule has 1 fully saturated rings. The topological polar surface area (TPSA) is 96.6 Å². The van der Waals surface area contributed by atoms with Crippen molar-refractivity contribution in [2.24, 2.45) is 0 Å². The van der Waals surface area contributed by atoms with Gasteiger partial charge >= 0.3 is 11.7 Å². The van der Waals surface area contributed by atoms with Crippen LogP contribution in [0.25, 0.3) is 0 Å². The van der Waals surface area contributed by atoms with Crippen LogP contribution < -0.4 is 4.90 Å². The molecular weight excluding hydrogens is 262 g/mol. The number of nitrogens with zero attached hydrogens (tertiary/aromatic N) is 3. The first-order valence-electron chi connectivity index (χ1n) is 6.61. The number of aromatic nitrogens is 1. The third-order valence-electron chi connectivity index (χ3n) is 3.75. The minimum absolute atomic E-state index is 0.169. The lowest BCUT2D eigenvalue weighted by molar-refractivity contribution is -0.384. The van der Waals surface area contributed by atoms with Crippen molar-refractivity contribution in [2.45, 2.75) is 38.1 Å². The number of pyridine rings is 1. The Bertz CT molecular complexity index is 526. The van der Waals surface area contributed by atoms with Gasteiger partial charge in [0, 0.05) is 25.4 Å². The summed E-state index contributed by atoms with van der Waals surface area (Å²) in [7, 11) is 1.78. The molecule has 0 unspecified atom stereocenters. The van der Waals surface area contributed by atoms with Crippen LogP contribution in [0.4, 0.5) is 11.5 Å². The average molecular weight is 279 g/mol. The zero-order valence-electron chi connectivity index (χ0n) is 11.3. The molecule has 0 saturated heterocycles. The van der Waals surface area contributed by atoms with Crippen LogP contribution in [0.5, 0.6) is 0 Å². The molecule has 7 heteroatoms. The van der Waals surface area contributed by atoms with Crippen LogP contribution in [0.3, 0.4) is 0 Å². The third kappa shape index (κ3) is 2.87. The van der Waals surface area contributed by atoms with E-state index in [1.54, 1.807) is 7.05 Å². The lowest BCUT2D eigenvalue weighted by atomic mass is 9.94. The molecule has 2 rings (SSSR count). The van der Waals surface area contributed by atoms with Crippen molar-refractivity contribution < 1.29 is 14.8 Å². The first kappa shape index (κ1) is 14.2. The summed E-state index contributed by atoms with van der Waals surface area (Å²) in [6.07, 6.45) is 6.54. The van der Waals surface area contributed by atoms with Crippen LogP contribution in [0.2, 0.25) is 0 Å². The number of anilines is 1. The maximum absolute atomic E-state index is 11.1. The van der Waals surface area contributed by atoms with E-state index in [1.165, 1.54) is 12.6 Å². The number of aromatic carboxylic acids is 1. The second-order valence-corrected chi connectivity index (χ2v) is 5.03. The zero-order valence-corrected chi connectivity index (χ0v) is 11.3. The van der Waals surface area contributed by atoms with E-state index >= 15 is 0 Å². The van der Waals surface area contributed by atoms with Crippen molar-refractivity contribution in [1.82, 2.24) is 4.98 Å². The Balaban J connectivity index is 2.34. The Morgan fingerprint density at radius 2 is 2.10 bits per heavy atom. The van der Waals surface area contributed by atoms with Gasteiger partial charge in [-0.25, -0.2) is 9.78 Å². The van der Waals surface area contributed by atoms with E-state index in [0.717, 1.165) is 31.7 Å². The highest BCUT2D eigenvalue weighted by Crippen LogP contribution is 2.31. The van der Waals surface area contributed by atoms with Crippen molar-refractivity contribution in [1.29, 1.82) is 0 Å². The van der Waals surface area contributed by atoms with E-state index < -0.39 is 10.9 Å². The molecule has 7 nitrogen and oxygen atoms in total. The SMILES string of the molecule is CN(c1ncc(C(=O)O)cc1[N+](=O)[O-])C1CCCCC1. The second-order valence-electron chi connectivity index (χ2n) is 5.03. The molecule has 1 aromatic heterocycles. The van der Waals surface area contributed by atoms with Crippen molar-refractivity contribution >= 4 is 17.5 Å². The minimum Gasteiger partial charge on any atom is -0.478 e. The number of carbonyl (C=O) groups is 1. The standard InChI is InChI=1S/C13H17N3O4/c1-15(10-5-3-2-4-6-10)12-11(16(19)20)7-9(8-14-12)13(17)18/h7-8,10H,2-6H2,1H3,(H,17,18). The van der Waals surface area contributed by atoms with Gasteiger partial charge in [-0.2, -0.15) is 0 Å². The lowest BCUT2D eigenvalue weighted by Crippen LogP contribution is -2.34. The highest BCUT2D eigenvalue weighted by molar-refractivity contribution is 5.88. The number of carboxylic acids is 1. The summed E-state index contributed by atoms with van der Waals surface area (Å²) in [6, 6.07) is 1.30. The molecule has 0 amide bonds. The van der Waals surface area contributed by atoms with Gasteiger partial charge in [0.1, 0.15) is 0 Å². The first-order chi connectivity index (χ1) is 9.50. The molecule has 108 valence electrons. The van der Waals surface area contributed by atoms with Gasteiger partial charge < -0.3 is 10.0 Å². The molecule has 0 aromatic carbocycles. The summed E-state index contributed by atoms with van der Waals surface area (Å²) < 4.78 is 0. The number of nitro groups is 1. The molecule has 1 heterocycles. The average Bonchev–Trinajstić information content (AvgIpc) is 2.46. The van der Waals surface area contributed by atoms with Crippen LogP contribution in [0.15, 0.2) is 12.3 Å². The van der Waals surface area contributed by atoms with Crippen molar-refractivity contribution in [2.75, 3.05) is 11.9 Å². The van der Waals surface area contributed by atoms with Gasteiger partial charge in [-0.15, -0.1) is 0 Å². The summed E-state index contributed by atoms with van der Waals surface area (Å²) >= 11 is 0. The fourth-order valence-corrected chi connectivity index (χ4v) is 2.61. The van der Waals surface area contributed by atoms with Gasteiger partial charge in [0.25, 0.3) is 0 Å². The highest BCUT2D eigenvalue weighted by atomic mass is 16.6. The molecule has 1 aliphatic carbocycles. The number of carboxylic acid groups (broad SMARTS) is 1. The van der Waals surface area contributed by atoms with E-state index in [2.05, 4.69) is 4.98 Å². The zero-order chi connectivity index (χ0) is 14.7. The van der Waals surface area contributed by atoms with Gasteiger partial charge in [-0.3, -0.25) is 10.1 Å². The maximum Gasteiger partial charge on any atom is 0.337 e. The van der Waals surface area contributed by atoms with E-state index in [0.29, 0.717) is 0 Å². The number of hydrogen-bond acceptors (Lipinski definition) is 5. The predicted molar refractivity (Wildman–Crippen MR) is 73.1 cm³/mol. The number of hydrogen-bond donors (Lipinski definition) is 1. The Morgan fingerprint density at radius 3 is 2.65 bits per heavy atom. The summed E-state index contributed by atoms with van der Waals surface area (Å²) in [4.78, 5) is 27.2. The summed E-state index contributed by atoms with van der Waals surface area (Å²) in [5.74, 6) is -0.973. The Labute approximate surface area is 116 Å². The largest absolute Gasteiger partial charge is 0.478 e. The molecule has 0 spiro atoms. The van der Waals surface area contributed by atoms with E-state index in [1.807, 2.05) is 4.90 Å². The second kappa shape index (κ2) is 5.85. The molecular formula is C13H17N3O4. The van der Waals surface area contributed by atoms with E-state index in [9.17, 15) is 14.9 Å². The fourth-order valence-electron chi connectivity index (χ4n) is 2.61. The van der Waals surface area contributed by atoms with Crippen LogP contribution in [-0.4, -0.2) is 34.1 Å². The van der Waals surface area contributed by atoms with Crippen molar-refractivity contribution in [3.63, 3.8) is 0 Å². The van der Waals surface area contributed by atoms with Crippen LogP contribution in [-0.2, 0) is 0 Å². The molecule has 20 heavy (non-hydrogen) atoms. The predicted octanol–water partition coefficient (Wildman–Crippen LogP) is 2.46. The van der Waals surface area contributed by atoms with Gasteiger partial charge in [0.15, 0.2) is 0 Å². The van der Waals surface area contributed by atoms with Gasteiger partial charge in [0.2, 0.25) is 5.82 Å². The number of rotatable bonds is 4. The summed E-state index contributed by atoms with van der Waals surface area (Å²) in [6.45, 7) is 0. The van der Waals surface area contributed by atoms with E-state index in [4.69, 9.17) is 5.11 Å². The molecule has 1 saturated carbocycles. The quantitative estimate of drug-likeness (QED) is 0.671. The minimum atomic E-state index is -1.22. The maximum atomic E-state index is 11.1. The van der Waals surface area contributed by atoms with Crippen molar-refractivity contribution in [3.8, 4) is 0 Å². The first-order valence-corrected chi connectivity index (χ1v) is 6.61. The highest BCUT2D eigenvalue weighted by Gasteiger charge is 2.26. The smallest absolute Gasteiger partial charge is 0.337 e. The lowest BCUT2D eigenvalue weighted by Gasteiger charge is -2.31. The Hall–Kier alpha value is -2.18. The fraction of sp³-hybridized carbons (Fsp3) is 0.538. The van der Waals surface area contributed by atoms with Gasteiger partial charge in [0.05, 0.1) is 10.5 Å². The van der Waals surface area contributed by atoms with Crippen LogP contribution >= 0.6 is 0 Å². The molecule has 0 aliphatic heterocycles. The summed E-state index contributed by atoms with van der Waals surface area (Å²) in [5, 5.41) is 20.0.